The van der Waals surface area contributed by atoms with Crippen LogP contribution in [0.25, 0.3) is 0 Å². The maximum absolute atomic E-state index is 11.2. The van der Waals surface area contributed by atoms with E-state index in [9.17, 15) is 4.79 Å². The van der Waals surface area contributed by atoms with Crippen LogP contribution in [-0.4, -0.2) is 39.4 Å². The Morgan fingerprint density at radius 1 is 0.921 bits per heavy atom. The molecule has 8 unspecified atom stereocenters. The Kier molecular flexibility index (Phi) is 20.0. The lowest BCUT2D eigenvalue weighted by Gasteiger charge is -2.39. The van der Waals surface area contributed by atoms with E-state index in [1.165, 1.54) is 17.1 Å². The molecule has 0 aromatic heterocycles. The van der Waals surface area contributed by atoms with Crippen LogP contribution >= 0.6 is 129 Å². The van der Waals surface area contributed by atoms with Gasteiger partial charge in [-0.3, -0.25) is 4.79 Å². The number of nitrogens with zero attached hydrogens (tertiary/aromatic N) is 1. The van der Waals surface area contributed by atoms with E-state index in [4.69, 9.17) is 4.74 Å². The van der Waals surface area contributed by atoms with Crippen LogP contribution in [-0.2, 0) is 14.3 Å². The number of methoxy groups -OCH3 is 1. The van der Waals surface area contributed by atoms with Gasteiger partial charge in [-0.25, -0.2) is 0 Å². The Balaban J connectivity index is 0.000000203. The van der Waals surface area contributed by atoms with Crippen molar-refractivity contribution in [1.29, 1.82) is 0 Å². The standard InChI is InChI=1S/C11H12BrNO2.C9H9BrO.H14P12/c1-15-11(14)8-6-13(7-8)10-4-2-3-9(12)5-10;10-9-4-2-1-3-8(9)7-5-11-6-7;1-8(2)11(7)12(9(3)4)10(5)6/h2-5,8H,6-7H2,1H3;1-4,7H,5-6H2;1-7H2. The zero-order valence-corrected chi connectivity index (χ0v) is 36.5. The molecule has 2 heterocycles. The molecule has 0 bridgehead atoms. The molecule has 2 aliphatic rings. The number of benzene rings is 2. The summed E-state index contributed by atoms with van der Waals surface area (Å²) in [6, 6.07) is 16.4. The highest BCUT2D eigenvalue weighted by atomic mass is 79.9. The van der Waals surface area contributed by atoms with Gasteiger partial charge in [0.15, 0.2) is 0 Å². The Labute approximate surface area is 266 Å². The van der Waals surface area contributed by atoms with Gasteiger partial charge in [0.05, 0.1) is 26.2 Å². The molecule has 2 aliphatic heterocycles. The molecule has 8 atom stereocenters. The largest absolute Gasteiger partial charge is 0.469 e. The van der Waals surface area contributed by atoms with Crippen molar-refractivity contribution >= 4 is 141 Å². The lowest BCUT2D eigenvalue weighted by Crippen LogP contribution is -2.50. The van der Waals surface area contributed by atoms with E-state index in [-0.39, 0.29) is 46.8 Å². The van der Waals surface area contributed by atoms with E-state index in [1.807, 2.05) is 30.3 Å². The first kappa shape index (κ1) is 38.0. The van der Waals surface area contributed by atoms with E-state index in [1.54, 1.807) is 0 Å². The fourth-order valence-electron chi connectivity index (χ4n) is 3.32. The van der Waals surface area contributed by atoms with Crippen molar-refractivity contribution in [3.63, 3.8) is 0 Å². The SMILES string of the molecule is Brc1ccccc1C1COC1.COC(=O)C1CN(c2cccc(Br)c2)C1.PP(P)P(P)P(P(P)P)P(P)P. The summed E-state index contributed by atoms with van der Waals surface area (Å²) < 4.78 is 12.1. The third-order valence-corrected chi connectivity index (χ3v) is 73.3. The molecule has 0 saturated carbocycles. The third-order valence-electron chi connectivity index (χ3n) is 5.41. The minimum absolute atomic E-state index is 0.0361. The molecule has 2 aromatic rings. The number of esters is 1. The van der Waals surface area contributed by atoms with E-state index in [0.29, 0.717) is 5.92 Å². The van der Waals surface area contributed by atoms with Gasteiger partial charge in [0.2, 0.25) is 0 Å². The molecule has 212 valence electrons. The first-order chi connectivity index (χ1) is 18.0. The summed E-state index contributed by atoms with van der Waals surface area (Å²) in [6.45, 7) is 3.96. The number of rotatable bonds is 7. The number of hydrogen-bond acceptors (Lipinski definition) is 4. The van der Waals surface area contributed by atoms with Gasteiger partial charge in [-0.05, 0) is 64.8 Å². The molecule has 4 rings (SSSR count). The number of ether oxygens (including phenoxy) is 2. The summed E-state index contributed by atoms with van der Waals surface area (Å²) in [5.74, 6) is 0.542. The van der Waals surface area contributed by atoms with Crippen LogP contribution in [0.15, 0.2) is 57.5 Å². The van der Waals surface area contributed by atoms with Crippen LogP contribution in [0, 0.1) is 5.92 Å². The third kappa shape index (κ3) is 12.7. The fraction of sp³-hybridized carbons (Fsp3) is 0.350. The normalized spacial score (nSPS) is 16.3. The molecule has 18 heteroatoms. The highest BCUT2D eigenvalue weighted by Gasteiger charge is 2.33. The van der Waals surface area contributed by atoms with Crippen molar-refractivity contribution in [1.82, 2.24) is 0 Å². The van der Waals surface area contributed by atoms with Gasteiger partial charge in [0, 0.05) is 33.6 Å². The van der Waals surface area contributed by atoms with Crippen LogP contribution in [0.2, 0.25) is 0 Å². The monoisotopic (exact) mass is 867 g/mol. The highest BCUT2D eigenvalue weighted by molar-refractivity contribution is 9.21. The van der Waals surface area contributed by atoms with Crippen molar-refractivity contribution in [2.24, 2.45) is 5.92 Å². The molecular formula is C20H35Br2NO3P12. The molecule has 0 radical (unpaired) electrons. The molecule has 4 nitrogen and oxygen atoms in total. The number of anilines is 1. The smallest absolute Gasteiger partial charge is 0.312 e. The minimum atomic E-state index is -0.110. The van der Waals surface area contributed by atoms with Crippen molar-refractivity contribution < 1.29 is 14.3 Å². The molecule has 0 spiro atoms. The van der Waals surface area contributed by atoms with Crippen LogP contribution in [0.1, 0.15) is 11.5 Å². The Morgan fingerprint density at radius 3 is 1.95 bits per heavy atom. The Hall–Kier alpha value is 3.79. The van der Waals surface area contributed by atoms with Crippen LogP contribution in [0.5, 0.6) is 0 Å². The van der Waals surface area contributed by atoms with Crippen LogP contribution in [0.3, 0.4) is 0 Å². The summed E-state index contributed by atoms with van der Waals surface area (Å²) in [5.41, 5.74) is 2.52. The fourth-order valence-corrected chi connectivity index (χ4v) is 107. The van der Waals surface area contributed by atoms with Gasteiger partial charge in [-0.2, -0.15) is 0 Å². The first-order valence-corrected chi connectivity index (χ1v) is 33.5. The topological polar surface area (TPSA) is 38.8 Å². The van der Waals surface area contributed by atoms with Gasteiger partial charge in [-0.15, -0.1) is 62.5 Å². The Bertz CT molecular complexity index is 1010. The quantitative estimate of drug-likeness (QED) is 0.205. The summed E-state index contributed by atoms with van der Waals surface area (Å²) >= 11 is 6.94. The molecule has 38 heavy (non-hydrogen) atoms. The van der Waals surface area contributed by atoms with E-state index in [0.717, 1.165) is 36.5 Å². The molecule has 0 N–H and O–H groups in total. The molecule has 0 aliphatic carbocycles. The summed E-state index contributed by atoms with van der Waals surface area (Å²) in [5, 5.41) is 0. The van der Waals surface area contributed by atoms with E-state index >= 15 is 0 Å². The van der Waals surface area contributed by atoms with Gasteiger partial charge >= 0.3 is 5.97 Å². The predicted molar refractivity (Wildman–Crippen MR) is 212 cm³/mol. The van der Waals surface area contributed by atoms with Crippen molar-refractivity contribution in [3.05, 3.63) is 63.0 Å². The number of halogens is 2. The van der Waals surface area contributed by atoms with Crippen molar-refractivity contribution in [3.8, 4) is 0 Å². The lowest BCUT2D eigenvalue weighted by atomic mass is 9.98. The zero-order valence-electron chi connectivity index (χ0n) is 20.8. The summed E-state index contributed by atoms with van der Waals surface area (Å²) in [6.07, 6.45) is 0. The molecule has 2 fully saturated rings. The second kappa shape index (κ2) is 20.0. The summed E-state index contributed by atoms with van der Waals surface area (Å²) in [7, 11) is 22.4. The molecule has 0 amide bonds. The van der Waals surface area contributed by atoms with Gasteiger partial charge in [0.25, 0.3) is 0 Å². The van der Waals surface area contributed by atoms with Gasteiger partial charge in [-0.1, -0.05) is 56.1 Å². The zero-order chi connectivity index (χ0) is 28.4. The van der Waals surface area contributed by atoms with Gasteiger partial charge < -0.3 is 14.4 Å². The maximum Gasteiger partial charge on any atom is 0.312 e. The maximum atomic E-state index is 11.2. The second-order valence-electron chi connectivity index (χ2n) is 8.09. The predicted octanol–water partition coefficient (Wildman–Crippen LogP) is 11.2. The molecule has 2 saturated heterocycles. The summed E-state index contributed by atoms with van der Waals surface area (Å²) in [4.78, 5) is 13.3. The number of hydrogen-bond donors (Lipinski definition) is 0. The van der Waals surface area contributed by atoms with E-state index in [2.05, 4.69) is 122 Å². The lowest BCUT2D eigenvalue weighted by molar-refractivity contribution is -0.146. The minimum Gasteiger partial charge on any atom is -0.469 e. The molecule has 2 aromatic carbocycles. The van der Waals surface area contributed by atoms with Gasteiger partial charge in [0.1, 0.15) is 0 Å². The average Bonchev–Trinajstić information content (AvgIpc) is 2.78. The Morgan fingerprint density at radius 2 is 1.53 bits per heavy atom. The van der Waals surface area contributed by atoms with Crippen LogP contribution in [0.4, 0.5) is 5.69 Å². The first-order valence-electron chi connectivity index (χ1n) is 11.1. The van der Waals surface area contributed by atoms with Crippen molar-refractivity contribution in [2.45, 2.75) is 5.92 Å². The second-order valence-corrected chi connectivity index (χ2v) is 54.8. The molecular weight excluding hydrogens is 834 g/mol. The van der Waals surface area contributed by atoms with Crippen molar-refractivity contribution in [2.75, 3.05) is 38.3 Å². The number of carbonyl (C=O) groups is 1. The highest BCUT2D eigenvalue weighted by Crippen LogP contribution is 3.16. The number of carbonyl (C=O) groups excluding carboxylic acids is 1. The van der Waals surface area contributed by atoms with E-state index < -0.39 is 0 Å². The van der Waals surface area contributed by atoms with Crippen LogP contribution < -0.4 is 4.90 Å². The average molecular weight is 869 g/mol.